The molecular weight excluding hydrogens is 648 g/mol. The van der Waals surface area contributed by atoms with Gasteiger partial charge in [-0.3, -0.25) is 23.9 Å². The van der Waals surface area contributed by atoms with Crippen molar-refractivity contribution in [3.05, 3.63) is 12.7 Å². The van der Waals surface area contributed by atoms with Crippen LogP contribution < -0.4 is 26.0 Å². The van der Waals surface area contributed by atoms with Crippen LogP contribution in [0.25, 0.3) is 0 Å². The summed E-state index contributed by atoms with van der Waals surface area (Å²) in [5.74, 6) is -2.60. The van der Waals surface area contributed by atoms with Gasteiger partial charge in [0.25, 0.3) is 5.91 Å². The van der Waals surface area contributed by atoms with E-state index in [2.05, 4.69) is 46.4 Å². The summed E-state index contributed by atoms with van der Waals surface area (Å²) in [5, 5.41) is 10.4. The minimum absolute atomic E-state index is 0.0142. The second-order valence-electron chi connectivity index (χ2n) is 17.8. The molecule has 13 nitrogen and oxygen atoms in total. The number of sulfonamides is 1. The zero-order valence-corrected chi connectivity index (χ0v) is 31.4. The Kier molecular flexibility index (Phi) is 8.86. The number of rotatable bonds is 10. The molecule has 14 heteroatoms. The Bertz CT molecular complexity index is 1550. The average molecular weight is 705 g/mol. The summed E-state index contributed by atoms with van der Waals surface area (Å²) in [6.07, 6.45) is 6.15. The molecular formula is C35H56N6O7S. The van der Waals surface area contributed by atoms with Crippen LogP contribution in [0.3, 0.4) is 0 Å². The number of nitrogens with zero attached hydrogens (tertiary/aromatic N) is 1. The molecule has 4 saturated carbocycles. The van der Waals surface area contributed by atoms with E-state index in [0.717, 1.165) is 19.3 Å². The molecule has 5 N–H and O–H groups in total. The normalized spacial score (nSPS) is 30.8. The number of nitrogens with one attached hydrogen (secondary N) is 5. The van der Waals surface area contributed by atoms with E-state index in [1.54, 1.807) is 4.90 Å². The van der Waals surface area contributed by atoms with E-state index < -0.39 is 79.4 Å². The Labute approximate surface area is 291 Å². The number of likely N-dealkylation sites (tertiary alicyclic amines) is 1. The van der Waals surface area contributed by atoms with Crippen molar-refractivity contribution in [1.29, 1.82) is 0 Å². The first-order chi connectivity index (χ1) is 22.4. The molecule has 6 amide bonds. The number of urea groups is 1. The van der Waals surface area contributed by atoms with Crippen LogP contribution in [0.1, 0.15) is 100 Å². The van der Waals surface area contributed by atoms with E-state index in [1.165, 1.54) is 13.1 Å². The number of hydrogen-bond acceptors (Lipinski definition) is 7. The van der Waals surface area contributed by atoms with Crippen LogP contribution in [-0.4, -0.2) is 85.5 Å². The summed E-state index contributed by atoms with van der Waals surface area (Å²) in [6.45, 7) is 19.4. The Hall–Kier alpha value is -3.16. The maximum Gasteiger partial charge on any atom is 0.316 e. The minimum Gasteiger partial charge on any atom is -0.357 e. The van der Waals surface area contributed by atoms with Crippen molar-refractivity contribution in [2.75, 3.05) is 13.6 Å². The highest BCUT2D eigenvalue weighted by Crippen LogP contribution is 2.88. The summed E-state index contributed by atoms with van der Waals surface area (Å²) >= 11 is 0. The predicted molar refractivity (Wildman–Crippen MR) is 184 cm³/mol. The van der Waals surface area contributed by atoms with Crippen molar-refractivity contribution >= 4 is 39.7 Å². The van der Waals surface area contributed by atoms with E-state index >= 15 is 0 Å². The van der Waals surface area contributed by atoms with Crippen molar-refractivity contribution in [2.45, 2.75) is 129 Å². The molecule has 1 heterocycles. The van der Waals surface area contributed by atoms with Crippen molar-refractivity contribution in [1.82, 2.24) is 30.9 Å². The minimum atomic E-state index is -3.86. The summed E-state index contributed by atoms with van der Waals surface area (Å²) < 4.78 is 27.6. The lowest BCUT2D eigenvalue weighted by Gasteiger charge is -2.37. The smallest absolute Gasteiger partial charge is 0.316 e. The van der Waals surface area contributed by atoms with Gasteiger partial charge in [-0.15, -0.1) is 6.58 Å². The lowest BCUT2D eigenvalue weighted by molar-refractivity contribution is -0.142. The molecule has 0 aromatic heterocycles. The van der Waals surface area contributed by atoms with Gasteiger partial charge in [0.2, 0.25) is 27.7 Å². The lowest BCUT2D eigenvalue weighted by atomic mass is 9.73. The first-order valence-electron chi connectivity index (χ1n) is 17.5. The maximum absolute atomic E-state index is 14.7. The highest BCUT2D eigenvalue weighted by Gasteiger charge is 2.85. The van der Waals surface area contributed by atoms with Gasteiger partial charge >= 0.3 is 6.03 Å². The molecule has 274 valence electrons. The summed E-state index contributed by atoms with van der Waals surface area (Å²) in [6, 6.07) is -3.58. The second-order valence-corrected chi connectivity index (χ2v) is 19.8. The third-order valence-corrected chi connectivity index (χ3v) is 14.5. The van der Waals surface area contributed by atoms with Gasteiger partial charge in [0, 0.05) is 24.9 Å². The first kappa shape index (κ1) is 37.1. The van der Waals surface area contributed by atoms with Gasteiger partial charge in [-0.05, 0) is 60.2 Å². The molecule has 0 aromatic carbocycles. The van der Waals surface area contributed by atoms with Gasteiger partial charge in [-0.1, -0.05) is 67.9 Å². The fourth-order valence-electron chi connectivity index (χ4n) is 9.02. The Morgan fingerprint density at radius 3 is 1.90 bits per heavy atom. The third-order valence-electron chi connectivity index (χ3n) is 12.7. The molecule has 6 atom stereocenters. The van der Waals surface area contributed by atoms with Crippen LogP contribution in [0, 0.1) is 33.0 Å². The Morgan fingerprint density at radius 1 is 0.898 bits per heavy atom. The third kappa shape index (κ3) is 5.93. The predicted octanol–water partition coefficient (Wildman–Crippen LogP) is 2.33. The van der Waals surface area contributed by atoms with Gasteiger partial charge in [0.1, 0.15) is 23.7 Å². The fraction of sp³-hybridized carbons (Fsp3) is 0.800. The van der Waals surface area contributed by atoms with Crippen LogP contribution in [0.15, 0.2) is 12.7 Å². The molecule has 1 saturated heterocycles. The van der Waals surface area contributed by atoms with Gasteiger partial charge in [-0.25, -0.2) is 13.2 Å². The van der Waals surface area contributed by atoms with Gasteiger partial charge in [0.05, 0.1) is 5.25 Å². The number of hydrogen-bond donors (Lipinski definition) is 5. The highest BCUT2D eigenvalue weighted by atomic mass is 32.2. The first-order valence-corrected chi connectivity index (χ1v) is 19.1. The number of carbonyl (C=O) groups is 5. The molecule has 0 bridgehead atoms. The largest absolute Gasteiger partial charge is 0.357 e. The maximum atomic E-state index is 14.7. The second kappa shape index (κ2) is 11.7. The van der Waals surface area contributed by atoms with Crippen molar-refractivity contribution < 1.29 is 32.4 Å². The van der Waals surface area contributed by atoms with E-state index in [9.17, 15) is 32.4 Å². The van der Waals surface area contributed by atoms with Crippen molar-refractivity contribution in [2.24, 2.45) is 33.0 Å². The van der Waals surface area contributed by atoms with E-state index in [4.69, 9.17) is 0 Å². The lowest BCUT2D eigenvalue weighted by Crippen LogP contribution is -2.62. The van der Waals surface area contributed by atoms with Gasteiger partial charge in [-0.2, -0.15) is 0 Å². The van der Waals surface area contributed by atoms with Crippen LogP contribution >= 0.6 is 0 Å². The summed E-state index contributed by atoms with van der Waals surface area (Å²) in [7, 11) is -2.37. The molecule has 0 radical (unpaired) electrons. The fourth-order valence-corrected chi connectivity index (χ4v) is 10.4. The zero-order chi connectivity index (χ0) is 36.8. The Balaban J connectivity index is 1.43. The molecule has 5 rings (SSSR count). The summed E-state index contributed by atoms with van der Waals surface area (Å²) in [4.78, 5) is 70.3. The molecule has 49 heavy (non-hydrogen) atoms. The molecule has 4 aliphatic carbocycles. The molecule has 5 fully saturated rings. The zero-order valence-electron chi connectivity index (χ0n) is 30.5. The average Bonchev–Trinajstić information content (AvgIpc) is 3.90. The molecule has 1 aliphatic heterocycles. The topological polar surface area (TPSA) is 183 Å². The van der Waals surface area contributed by atoms with Crippen LogP contribution in [0.5, 0.6) is 0 Å². The van der Waals surface area contributed by atoms with Crippen molar-refractivity contribution in [3.63, 3.8) is 0 Å². The molecule has 0 aromatic rings. The SMILES string of the molecule is C=C[C@@H]1C[C@]1(NC(=O)[C@@H]1C[C@@]2(CN1C(=O)[C@@H](NC(=O)N[C@H](C(=O)NC)C(C)(C)C)C(C)(C)C)C(C)(C)C21CCC1)C(=O)NS(=O)(=O)C1CC1. The number of fused-ring (bicyclic) bond motifs is 1. The summed E-state index contributed by atoms with van der Waals surface area (Å²) in [5.41, 5.74) is -3.38. The van der Waals surface area contributed by atoms with Gasteiger partial charge in [0.15, 0.2) is 0 Å². The monoisotopic (exact) mass is 704 g/mol. The van der Waals surface area contributed by atoms with E-state index in [1.807, 2.05) is 41.5 Å². The number of carbonyl (C=O) groups excluding carboxylic acids is 5. The van der Waals surface area contributed by atoms with Gasteiger partial charge < -0.3 is 26.2 Å². The molecule has 5 aliphatic rings. The van der Waals surface area contributed by atoms with Crippen LogP contribution in [0.2, 0.25) is 0 Å². The quantitative estimate of drug-likeness (QED) is 0.216. The molecule has 2 spiro atoms. The van der Waals surface area contributed by atoms with Crippen LogP contribution in [0.4, 0.5) is 4.79 Å². The van der Waals surface area contributed by atoms with E-state index in [0.29, 0.717) is 25.8 Å². The molecule has 0 unspecified atom stereocenters. The standard InChI is InChI=1S/C35H56N6O7S/c1-11-20-17-35(20,28(45)40-49(47,48)21-13-14-21)39-25(42)22-18-34(32(8,9)33(34)15-12-16-33)19-41(22)27(44)24(31(5,6)7)38-29(46)37-23(26(43)36-10)30(2,3)4/h11,20-24H,1,12-19H2,2-10H3,(H,36,43)(H,39,42)(H,40,45)(H2,37,38,46)/t20-,22+,23-,24-,34-,35-/m1/s1. The number of amides is 6. The van der Waals surface area contributed by atoms with E-state index in [-0.39, 0.29) is 28.6 Å². The Morgan fingerprint density at radius 2 is 1.47 bits per heavy atom. The highest BCUT2D eigenvalue weighted by molar-refractivity contribution is 7.91. The van der Waals surface area contributed by atoms with Crippen molar-refractivity contribution in [3.8, 4) is 0 Å². The number of likely N-dealkylation sites (N-methyl/N-ethyl adjacent to an activating group) is 1. The van der Waals surface area contributed by atoms with Crippen LogP contribution in [-0.2, 0) is 29.2 Å².